The maximum absolute atomic E-state index is 13.7. The van der Waals surface area contributed by atoms with Crippen molar-refractivity contribution in [3.8, 4) is 0 Å². The fourth-order valence-corrected chi connectivity index (χ4v) is 2.58. The largest absolute Gasteiger partial charge is 0.337 e. The number of benzene rings is 1. The van der Waals surface area contributed by atoms with Gasteiger partial charge in [0, 0.05) is 32.1 Å². The molecular formula is C15H21FN2O. The molecule has 2 rings (SSSR count). The quantitative estimate of drug-likeness (QED) is 0.907. The number of hydrogen-bond donors (Lipinski definition) is 1. The van der Waals surface area contributed by atoms with E-state index in [9.17, 15) is 9.18 Å². The number of halogens is 1. The van der Waals surface area contributed by atoms with E-state index in [-0.39, 0.29) is 23.7 Å². The molecule has 0 bridgehead atoms. The first-order chi connectivity index (χ1) is 9.09. The van der Waals surface area contributed by atoms with Gasteiger partial charge < -0.3 is 10.2 Å². The van der Waals surface area contributed by atoms with Crippen LogP contribution in [0.2, 0.25) is 0 Å². The van der Waals surface area contributed by atoms with Crippen LogP contribution in [0.4, 0.5) is 4.39 Å². The van der Waals surface area contributed by atoms with E-state index in [0.717, 1.165) is 19.6 Å². The summed E-state index contributed by atoms with van der Waals surface area (Å²) in [7, 11) is 0. The molecule has 1 heterocycles. The second-order valence-electron chi connectivity index (χ2n) is 5.27. The molecular weight excluding hydrogens is 243 g/mol. The molecule has 1 N–H and O–H groups in total. The van der Waals surface area contributed by atoms with Crippen LogP contribution >= 0.6 is 0 Å². The predicted molar refractivity (Wildman–Crippen MR) is 73.5 cm³/mol. The lowest BCUT2D eigenvalue weighted by molar-refractivity contribution is -0.134. The monoisotopic (exact) mass is 264 g/mol. The van der Waals surface area contributed by atoms with Crippen molar-refractivity contribution in [3.63, 3.8) is 0 Å². The molecule has 0 unspecified atom stereocenters. The van der Waals surface area contributed by atoms with E-state index in [1.165, 1.54) is 6.07 Å². The molecule has 1 aliphatic heterocycles. The van der Waals surface area contributed by atoms with Gasteiger partial charge in [-0.15, -0.1) is 0 Å². The Balaban J connectivity index is 2.00. The Labute approximate surface area is 113 Å². The number of rotatable bonds is 3. The van der Waals surface area contributed by atoms with E-state index in [1.54, 1.807) is 12.1 Å². The average Bonchev–Trinajstić information content (AvgIpc) is 2.39. The minimum absolute atomic E-state index is 0.0872. The predicted octanol–water partition coefficient (Wildman–Crippen LogP) is 2.14. The van der Waals surface area contributed by atoms with Crippen molar-refractivity contribution in [2.45, 2.75) is 32.2 Å². The van der Waals surface area contributed by atoms with Crippen molar-refractivity contribution in [3.05, 3.63) is 35.6 Å². The van der Waals surface area contributed by atoms with E-state index in [0.29, 0.717) is 12.0 Å². The van der Waals surface area contributed by atoms with E-state index in [4.69, 9.17) is 0 Å². The minimum Gasteiger partial charge on any atom is -0.337 e. The highest BCUT2D eigenvalue weighted by molar-refractivity contribution is 5.77. The molecule has 1 fully saturated rings. The van der Waals surface area contributed by atoms with Gasteiger partial charge in [0.2, 0.25) is 5.91 Å². The van der Waals surface area contributed by atoms with Gasteiger partial charge in [-0.1, -0.05) is 25.1 Å². The topological polar surface area (TPSA) is 32.3 Å². The number of piperazine rings is 1. The van der Waals surface area contributed by atoms with Crippen LogP contribution < -0.4 is 5.32 Å². The molecule has 0 aromatic heterocycles. The van der Waals surface area contributed by atoms with Crippen molar-refractivity contribution >= 4 is 5.91 Å². The Morgan fingerprint density at radius 3 is 2.95 bits per heavy atom. The summed E-state index contributed by atoms with van der Waals surface area (Å²) in [6.07, 6.45) is 0.366. The molecule has 104 valence electrons. The Bertz CT molecular complexity index is 450. The van der Waals surface area contributed by atoms with Crippen molar-refractivity contribution < 1.29 is 9.18 Å². The third kappa shape index (κ3) is 3.32. The summed E-state index contributed by atoms with van der Waals surface area (Å²) < 4.78 is 13.7. The first-order valence-electron chi connectivity index (χ1n) is 6.84. The van der Waals surface area contributed by atoms with Crippen LogP contribution in [0.15, 0.2) is 24.3 Å². The normalized spacial score (nSPS) is 21.2. The summed E-state index contributed by atoms with van der Waals surface area (Å²) in [5.41, 5.74) is 0.624. The number of hydrogen-bond acceptors (Lipinski definition) is 2. The lowest BCUT2D eigenvalue weighted by atomic mass is 9.96. The third-order valence-corrected chi connectivity index (χ3v) is 3.74. The lowest BCUT2D eigenvalue weighted by Gasteiger charge is -2.34. The summed E-state index contributed by atoms with van der Waals surface area (Å²) in [6.45, 7) is 6.36. The fraction of sp³-hybridized carbons (Fsp3) is 0.533. The Morgan fingerprint density at radius 1 is 1.53 bits per heavy atom. The number of amides is 1. The molecule has 4 heteroatoms. The zero-order chi connectivity index (χ0) is 13.8. The van der Waals surface area contributed by atoms with Gasteiger partial charge in [0.05, 0.1) is 0 Å². The summed E-state index contributed by atoms with van der Waals surface area (Å²) in [6, 6.07) is 6.91. The molecule has 1 aromatic carbocycles. The number of nitrogens with zero attached hydrogens (tertiary/aromatic N) is 1. The molecule has 1 amide bonds. The molecule has 1 aromatic rings. The molecule has 1 aliphatic rings. The van der Waals surface area contributed by atoms with Crippen LogP contribution in [0.3, 0.4) is 0 Å². The maximum Gasteiger partial charge on any atom is 0.223 e. The molecule has 3 nitrogen and oxygen atoms in total. The van der Waals surface area contributed by atoms with Gasteiger partial charge in [0.15, 0.2) is 0 Å². The average molecular weight is 264 g/mol. The van der Waals surface area contributed by atoms with Gasteiger partial charge in [0.25, 0.3) is 0 Å². The zero-order valence-electron chi connectivity index (χ0n) is 11.5. The Kier molecular flexibility index (Phi) is 4.53. The molecule has 2 atom stereocenters. The van der Waals surface area contributed by atoms with Crippen LogP contribution in [-0.2, 0) is 4.79 Å². The van der Waals surface area contributed by atoms with Crippen molar-refractivity contribution in [1.29, 1.82) is 0 Å². The summed E-state index contributed by atoms with van der Waals surface area (Å²) in [5, 5.41) is 3.26. The van der Waals surface area contributed by atoms with Gasteiger partial charge in [-0.2, -0.15) is 0 Å². The third-order valence-electron chi connectivity index (χ3n) is 3.74. The first-order valence-corrected chi connectivity index (χ1v) is 6.84. The van der Waals surface area contributed by atoms with E-state index >= 15 is 0 Å². The first kappa shape index (κ1) is 14.0. The van der Waals surface area contributed by atoms with E-state index in [1.807, 2.05) is 24.8 Å². The zero-order valence-corrected chi connectivity index (χ0v) is 11.5. The SMILES string of the molecule is C[C@@H]1CNCCN1C(=O)C[C@H](C)c1ccccc1F. The summed E-state index contributed by atoms with van der Waals surface area (Å²) >= 11 is 0. The van der Waals surface area contributed by atoms with Crippen molar-refractivity contribution in [2.75, 3.05) is 19.6 Å². The van der Waals surface area contributed by atoms with Gasteiger partial charge in [0.1, 0.15) is 5.82 Å². The number of carbonyl (C=O) groups is 1. The Hall–Kier alpha value is -1.42. The van der Waals surface area contributed by atoms with Gasteiger partial charge >= 0.3 is 0 Å². The second kappa shape index (κ2) is 6.15. The van der Waals surface area contributed by atoms with E-state index < -0.39 is 0 Å². The highest BCUT2D eigenvalue weighted by atomic mass is 19.1. The van der Waals surface area contributed by atoms with Gasteiger partial charge in [-0.3, -0.25) is 4.79 Å². The summed E-state index contributed by atoms with van der Waals surface area (Å²) in [5.74, 6) is -0.198. The van der Waals surface area contributed by atoms with Crippen molar-refractivity contribution in [2.24, 2.45) is 0 Å². The summed E-state index contributed by atoms with van der Waals surface area (Å²) in [4.78, 5) is 14.2. The van der Waals surface area contributed by atoms with Crippen LogP contribution in [0.1, 0.15) is 31.7 Å². The fourth-order valence-electron chi connectivity index (χ4n) is 2.58. The minimum atomic E-state index is -0.226. The molecule has 0 spiro atoms. The molecule has 0 saturated carbocycles. The highest BCUT2D eigenvalue weighted by Crippen LogP contribution is 2.23. The van der Waals surface area contributed by atoms with Crippen LogP contribution in [0, 0.1) is 5.82 Å². The highest BCUT2D eigenvalue weighted by Gasteiger charge is 2.25. The lowest BCUT2D eigenvalue weighted by Crippen LogP contribution is -2.52. The molecule has 0 radical (unpaired) electrons. The van der Waals surface area contributed by atoms with Gasteiger partial charge in [-0.25, -0.2) is 4.39 Å². The molecule has 19 heavy (non-hydrogen) atoms. The van der Waals surface area contributed by atoms with Gasteiger partial charge in [-0.05, 0) is 24.5 Å². The molecule has 0 aliphatic carbocycles. The van der Waals surface area contributed by atoms with Crippen LogP contribution in [0.5, 0.6) is 0 Å². The number of carbonyl (C=O) groups excluding carboxylic acids is 1. The van der Waals surface area contributed by atoms with Crippen LogP contribution in [-0.4, -0.2) is 36.5 Å². The second-order valence-corrected chi connectivity index (χ2v) is 5.27. The number of nitrogens with one attached hydrogen (secondary N) is 1. The standard InChI is InChI=1S/C15H21FN2O/c1-11(13-5-3-4-6-14(13)16)9-15(19)18-8-7-17-10-12(18)2/h3-6,11-12,17H,7-10H2,1-2H3/t11-,12+/m0/s1. The van der Waals surface area contributed by atoms with Crippen LogP contribution in [0.25, 0.3) is 0 Å². The maximum atomic E-state index is 13.7. The Morgan fingerprint density at radius 2 is 2.26 bits per heavy atom. The smallest absolute Gasteiger partial charge is 0.223 e. The molecule has 1 saturated heterocycles. The van der Waals surface area contributed by atoms with Crippen molar-refractivity contribution in [1.82, 2.24) is 10.2 Å². The van der Waals surface area contributed by atoms with E-state index in [2.05, 4.69) is 5.32 Å².